The zero-order valence-corrected chi connectivity index (χ0v) is 15.8. The van der Waals surface area contributed by atoms with Crippen LogP contribution in [-0.2, 0) is 13.1 Å². The van der Waals surface area contributed by atoms with Crippen LogP contribution in [0.3, 0.4) is 0 Å². The molecule has 4 heteroatoms. The van der Waals surface area contributed by atoms with Crippen LogP contribution >= 0.6 is 22.6 Å². The molecular formula is C17H28IN3. The van der Waals surface area contributed by atoms with Crippen LogP contribution in [0.15, 0.2) is 18.2 Å². The standard InChI is InChI=1S/C17H28IN3/c1-19-9-5-11-20(2)13-15-7-4-8-16(17(15)18)14-21(3)12-6-10-19/h4,7-8H,5-6,9-14H2,1-3H3. The molecule has 2 bridgehead atoms. The van der Waals surface area contributed by atoms with Gasteiger partial charge in [0.15, 0.2) is 0 Å². The van der Waals surface area contributed by atoms with Gasteiger partial charge in [-0.25, -0.2) is 0 Å². The molecule has 0 fully saturated rings. The minimum absolute atomic E-state index is 1.06. The predicted octanol–water partition coefficient (Wildman–Crippen LogP) is 2.88. The van der Waals surface area contributed by atoms with Gasteiger partial charge in [0.2, 0.25) is 0 Å². The van der Waals surface area contributed by atoms with Crippen LogP contribution in [0.5, 0.6) is 0 Å². The van der Waals surface area contributed by atoms with E-state index < -0.39 is 0 Å². The van der Waals surface area contributed by atoms with E-state index in [0.29, 0.717) is 0 Å². The van der Waals surface area contributed by atoms with Gasteiger partial charge in [-0.1, -0.05) is 18.2 Å². The lowest BCUT2D eigenvalue weighted by Crippen LogP contribution is -2.29. The molecule has 0 spiro atoms. The van der Waals surface area contributed by atoms with Crippen LogP contribution in [0, 0.1) is 3.57 Å². The molecule has 1 heterocycles. The third-order valence-corrected chi connectivity index (χ3v) is 5.58. The molecule has 0 atom stereocenters. The van der Waals surface area contributed by atoms with Gasteiger partial charge in [0.25, 0.3) is 0 Å². The average molecular weight is 401 g/mol. The van der Waals surface area contributed by atoms with Crippen LogP contribution in [0.4, 0.5) is 0 Å². The Morgan fingerprint density at radius 2 is 1.19 bits per heavy atom. The number of hydrogen-bond donors (Lipinski definition) is 0. The van der Waals surface area contributed by atoms with Crippen molar-refractivity contribution in [1.82, 2.24) is 14.7 Å². The third kappa shape index (κ3) is 5.51. The third-order valence-electron chi connectivity index (χ3n) is 4.20. The Morgan fingerprint density at radius 1 is 0.762 bits per heavy atom. The second-order valence-corrected chi connectivity index (χ2v) is 7.45. The Balaban J connectivity index is 2.14. The fourth-order valence-electron chi connectivity index (χ4n) is 2.95. The molecule has 1 aromatic rings. The van der Waals surface area contributed by atoms with Gasteiger partial charge < -0.3 is 14.7 Å². The van der Waals surface area contributed by atoms with Crippen molar-refractivity contribution in [2.45, 2.75) is 25.9 Å². The second kappa shape index (κ2) is 8.46. The van der Waals surface area contributed by atoms with Crippen LogP contribution < -0.4 is 0 Å². The van der Waals surface area contributed by atoms with Gasteiger partial charge in [0.05, 0.1) is 0 Å². The Morgan fingerprint density at radius 3 is 1.67 bits per heavy atom. The van der Waals surface area contributed by atoms with E-state index in [1.54, 1.807) is 0 Å². The normalized spacial score (nSPS) is 21.1. The molecule has 118 valence electrons. The van der Waals surface area contributed by atoms with E-state index in [1.807, 2.05) is 0 Å². The maximum absolute atomic E-state index is 2.53. The van der Waals surface area contributed by atoms with Crippen molar-refractivity contribution >= 4 is 22.6 Å². The van der Waals surface area contributed by atoms with E-state index in [1.165, 1.54) is 53.7 Å². The highest BCUT2D eigenvalue weighted by atomic mass is 127. The number of benzene rings is 1. The molecule has 1 aromatic carbocycles. The average Bonchev–Trinajstić information content (AvgIpc) is 2.42. The van der Waals surface area contributed by atoms with Crippen molar-refractivity contribution in [3.63, 3.8) is 0 Å². The zero-order valence-electron chi connectivity index (χ0n) is 13.6. The summed E-state index contributed by atoms with van der Waals surface area (Å²) in [7, 11) is 6.72. The molecule has 0 saturated heterocycles. The van der Waals surface area contributed by atoms with E-state index in [2.05, 4.69) is 76.6 Å². The van der Waals surface area contributed by atoms with Gasteiger partial charge in [-0.2, -0.15) is 0 Å². The SMILES string of the molecule is CN1CCCN(C)Cc2cccc(c2I)CN(C)CCC1. The summed E-state index contributed by atoms with van der Waals surface area (Å²) >= 11 is 2.53. The monoisotopic (exact) mass is 401 g/mol. The first-order valence-electron chi connectivity index (χ1n) is 7.88. The smallest absolute Gasteiger partial charge is 0.0241 e. The lowest BCUT2D eigenvalue weighted by molar-refractivity contribution is 0.250. The summed E-state index contributed by atoms with van der Waals surface area (Å²) in [6.07, 6.45) is 2.50. The predicted molar refractivity (Wildman–Crippen MR) is 98.6 cm³/mol. The van der Waals surface area contributed by atoms with Crippen molar-refractivity contribution in [1.29, 1.82) is 0 Å². The summed E-state index contributed by atoms with van der Waals surface area (Å²) < 4.78 is 1.45. The topological polar surface area (TPSA) is 9.72 Å². The minimum atomic E-state index is 1.06. The highest BCUT2D eigenvalue weighted by molar-refractivity contribution is 14.1. The molecule has 0 saturated carbocycles. The summed E-state index contributed by atoms with van der Waals surface area (Å²) in [6, 6.07) is 6.77. The quantitative estimate of drug-likeness (QED) is 0.619. The van der Waals surface area contributed by atoms with E-state index in [9.17, 15) is 0 Å². The summed E-state index contributed by atoms with van der Waals surface area (Å²) in [5.41, 5.74) is 2.93. The Labute approximate surface area is 143 Å². The molecule has 21 heavy (non-hydrogen) atoms. The van der Waals surface area contributed by atoms with Crippen LogP contribution in [-0.4, -0.2) is 62.0 Å². The van der Waals surface area contributed by atoms with Gasteiger partial charge in [-0.05, 0) is 93.9 Å². The molecule has 1 aliphatic rings. The molecule has 1 aliphatic heterocycles. The summed E-state index contributed by atoms with van der Waals surface area (Å²) in [4.78, 5) is 7.37. The van der Waals surface area contributed by atoms with Crippen LogP contribution in [0.25, 0.3) is 0 Å². The molecule has 0 radical (unpaired) electrons. The first-order valence-corrected chi connectivity index (χ1v) is 8.96. The lowest BCUT2D eigenvalue weighted by atomic mass is 10.1. The Hall–Kier alpha value is -0.170. The van der Waals surface area contributed by atoms with Crippen LogP contribution in [0.1, 0.15) is 24.0 Å². The fourth-order valence-corrected chi connectivity index (χ4v) is 3.65. The van der Waals surface area contributed by atoms with E-state index in [-0.39, 0.29) is 0 Å². The van der Waals surface area contributed by atoms with Gasteiger partial charge in [0.1, 0.15) is 0 Å². The number of fused-ring (bicyclic) bond motifs is 2. The zero-order chi connectivity index (χ0) is 15.2. The Kier molecular flexibility index (Phi) is 6.92. The summed E-state index contributed by atoms with van der Waals surface area (Å²) in [5.74, 6) is 0. The highest BCUT2D eigenvalue weighted by Crippen LogP contribution is 2.20. The summed E-state index contributed by atoms with van der Waals surface area (Å²) in [5, 5.41) is 0. The van der Waals surface area contributed by atoms with Crippen molar-refractivity contribution in [2.75, 3.05) is 47.3 Å². The first kappa shape index (κ1) is 17.2. The maximum Gasteiger partial charge on any atom is 0.0241 e. The maximum atomic E-state index is 2.53. The number of nitrogens with zero attached hydrogens (tertiary/aromatic N) is 3. The van der Waals surface area contributed by atoms with E-state index >= 15 is 0 Å². The largest absolute Gasteiger partial charge is 0.306 e. The molecule has 2 rings (SSSR count). The van der Waals surface area contributed by atoms with Gasteiger partial charge in [0, 0.05) is 16.7 Å². The lowest BCUT2D eigenvalue weighted by Gasteiger charge is -2.24. The van der Waals surface area contributed by atoms with Crippen LogP contribution in [0.2, 0.25) is 0 Å². The van der Waals surface area contributed by atoms with Crippen molar-refractivity contribution in [3.8, 4) is 0 Å². The second-order valence-electron chi connectivity index (χ2n) is 6.38. The number of hydrogen-bond acceptors (Lipinski definition) is 3. The Bertz CT molecular complexity index is 413. The minimum Gasteiger partial charge on any atom is -0.306 e. The van der Waals surface area contributed by atoms with Gasteiger partial charge in [-0.15, -0.1) is 0 Å². The first-order chi connectivity index (χ1) is 10.1. The molecule has 0 unspecified atom stereocenters. The van der Waals surface area contributed by atoms with Crippen molar-refractivity contribution in [3.05, 3.63) is 32.9 Å². The molecular weight excluding hydrogens is 373 g/mol. The van der Waals surface area contributed by atoms with Crippen molar-refractivity contribution in [2.24, 2.45) is 0 Å². The summed E-state index contributed by atoms with van der Waals surface area (Å²) in [6.45, 7) is 6.85. The highest BCUT2D eigenvalue weighted by Gasteiger charge is 2.11. The molecule has 0 N–H and O–H groups in total. The molecule has 0 aliphatic carbocycles. The number of rotatable bonds is 0. The van der Waals surface area contributed by atoms with Gasteiger partial charge in [-0.3, -0.25) is 0 Å². The van der Waals surface area contributed by atoms with E-state index in [0.717, 1.165) is 13.1 Å². The van der Waals surface area contributed by atoms with E-state index in [4.69, 9.17) is 0 Å². The van der Waals surface area contributed by atoms with Crippen molar-refractivity contribution < 1.29 is 0 Å². The molecule has 3 nitrogen and oxygen atoms in total. The molecule has 0 amide bonds. The van der Waals surface area contributed by atoms with Gasteiger partial charge >= 0.3 is 0 Å². The molecule has 0 aromatic heterocycles. The number of halogens is 1. The fraction of sp³-hybridized carbons (Fsp3) is 0.647.